The molecule has 4 N–H and O–H groups in total. The van der Waals surface area contributed by atoms with Gasteiger partial charge in [0, 0.05) is 11.5 Å². The van der Waals surface area contributed by atoms with Gasteiger partial charge in [0.1, 0.15) is 5.82 Å². The number of halogens is 1. The van der Waals surface area contributed by atoms with E-state index in [9.17, 15) is 18.8 Å². The van der Waals surface area contributed by atoms with Crippen LogP contribution in [0.1, 0.15) is 29.6 Å². The maximum absolute atomic E-state index is 13.6. The molecule has 7 heteroatoms. The summed E-state index contributed by atoms with van der Waals surface area (Å²) < 4.78 is 13.6. The number of anilines is 1. The number of nitrogens with one attached hydrogen (secondary N) is 1. The van der Waals surface area contributed by atoms with Crippen LogP contribution in [0, 0.1) is 17.7 Å². The minimum atomic E-state index is -0.924. The average molecular weight is 294 g/mol. The van der Waals surface area contributed by atoms with Crippen LogP contribution in [0.15, 0.2) is 18.2 Å². The predicted molar refractivity (Wildman–Crippen MR) is 72.0 cm³/mol. The molecule has 0 aliphatic heterocycles. The zero-order chi connectivity index (χ0) is 15.6. The van der Waals surface area contributed by atoms with Gasteiger partial charge in [0.05, 0.1) is 11.6 Å². The van der Waals surface area contributed by atoms with E-state index in [0.717, 1.165) is 6.07 Å². The van der Waals surface area contributed by atoms with Gasteiger partial charge in [0.2, 0.25) is 11.8 Å². The maximum Gasteiger partial charge on any atom is 0.306 e. The molecule has 1 saturated carbocycles. The smallest absolute Gasteiger partial charge is 0.306 e. The first-order valence-electron chi connectivity index (χ1n) is 6.51. The summed E-state index contributed by atoms with van der Waals surface area (Å²) >= 11 is 0. The van der Waals surface area contributed by atoms with Crippen molar-refractivity contribution < 1.29 is 23.9 Å². The number of benzene rings is 1. The van der Waals surface area contributed by atoms with Crippen molar-refractivity contribution in [3.63, 3.8) is 0 Å². The zero-order valence-electron chi connectivity index (χ0n) is 11.1. The second kappa shape index (κ2) is 5.90. The Bertz CT molecular complexity index is 603. The van der Waals surface area contributed by atoms with E-state index < -0.39 is 35.4 Å². The third-order valence-electron chi connectivity index (χ3n) is 3.66. The summed E-state index contributed by atoms with van der Waals surface area (Å²) in [6.45, 7) is 0. The molecule has 0 spiro atoms. The Balaban J connectivity index is 2.08. The van der Waals surface area contributed by atoms with Crippen LogP contribution < -0.4 is 11.1 Å². The van der Waals surface area contributed by atoms with Crippen molar-refractivity contribution in [1.82, 2.24) is 0 Å². The van der Waals surface area contributed by atoms with Gasteiger partial charge in [-0.1, -0.05) is 0 Å². The summed E-state index contributed by atoms with van der Waals surface area (Å²) in [5.74, 6) is -3.78. The van der Waals surface area contributed by atoms with E-state index in [1.807, 2.05) is 0 Å². The number of hydrogen-bond donors (Lipinski definition) is 3. The number of carbonyl (C=O) groups is 3. The molecule has 1 aromatic rings. The quantitative estimate of drug-likeness (QED) is 0.778. The predicted octanol–water partition coefficient (Wildman–Crippen LogP) is 1.36. The summed E-state index contributed by atoms with van der Waals surface area (Å²) in [4.78, 5) is 33.9. The first-order chi connectivity index (χ1) is 9.88. The Morgan fingerprint density at radius 2 is 1.90 bits per heavy atom. The molecule has 1 aliphatic carbocycles. The molecule has 112 valence electrons. The lowest BCUT2D eigenvalue weighted by molar-refractivity contribution is -0.141. The van der Waals surface area contributed by atoms with Crippen molar-refractivity contribution in [2.24, 2.45) is 17.6 Å². The minimum absolute atomic E-state index is 0.0848. The van der Waals surface area contributed by atoms with Crippen LogP contribution in [-0.4, -0.2) is 22.9 Å². The highest BCUT2D eigenvalue weighted by Crippen LogP contribution is 2.32. The summed E-state index contributed by atoms with van der Waals surface area (Å²) in [6, 6.07) is 3.44. The van der Waals surface area contributed by atoms with Crippen molar-refractivity contribution in [1.29, 1.82) is 0 Å². The molecular weight excluding hydrogens is 279 g/mol. The Morgan fingerprint density at radius 1 is 1.24 bits per heavy atom. The molecule has 0 aromatic heterocycles. The van der Waals surface area contributed by atoms with Gasteiger partial charge < -0.3 is 16.2 Å². The van der Waals surface area contributed by atoms with Gasteiger partial charge in [-0.05, 0) is 37.5 Å². The van der Waals surface area contributed by atoms with E-state index in [1.165, 1.54) is 12.1 Å². The second-order valence-corrected chi connectivity index (χ2v) is 5.09. The SMILES string of the molecule is NC(=O)c1ccc(F)c(NC(=O)[C@@H]2CC[C@H](C(=O)O)C2)c1. The monoisotopic (exact) mass is 294 g/mol. The number of amides is 2. The minimum Gasteiger partial charge on any atom is -0.481 e. The van der Waals surface area contributed by atoms with E-state index in [2.05, 4.69) is 5.32 Å². The molecule has 0 bridgehead atoms. The number of nitrogens with two attached hydrogens (primary N) is 1. The standard InChI is InChI=1S/C14H15FN2O4/c15-10-4-3-7(12(16)18)6-11(10)17-13(19)8-1-2-9(5-8)14(20)21/h3-4,6,8-9H,1-2,5H2,(H2,16,18)(H,17,19)(H,20,21)/t8-,9+/m1/s1. The van der Waals surface area contributed by atoms with Crippen LogP contribution in [0.3, 0.4) is 0 Å². The van der Waals surface area contributed by atoms with Crippen molar-refractivity contribution >= 4 is 23.5 Å². The maximum atomic E-state index is 13.6. The number of aliphatic carboxylic acids is 1. The van der Waals surface area contributed by atoms with Crippen LogP contribution in [-0.2, 0) is 9.59 Å². The third-order valence-corrected chi connectivity index (χ3v) is 3.66. The van der Waals surface area contributed by atoms with Crippen molar-refractivity contribution in [2.45, 2.75) is 19.3 Å². The summed E-state index contributed by atoms with van der Waals surface area (Å²) in [6.07, 6.45) is 1.11. The fourth-order valence-electron chi connectivity index (χ4n) is 2.45. The molecule has 1 fully saturated rings. The van der Waals surface area contributed by atoms with Crippen LogP contribution in [0.25, 0.3) is 0 Å². The largest absolute Gasteiger partial charge is 0.481 e. The normalized spacial score (nSPS) is 21.0. The topological polar surface area (TPSA) is 109 Å². The van der Waals surface area contributed by atoms with Crippen LogP contribution in [0.2, 0.25) is 0 Å². The summed E-state index contributed by atoms with van der Waals surface area (Å²) in [7, 11) is 0. The lowest BCUT2D eigenvalue weighted by Crippen LogP contribution is -2.22. The highest BCUT2D eigenvalue weighted by molar-refractivity contribution is 5.97. The van der Waals surface area contributed by atoms with Gasteiger partial charge in [0.25, 0.3) is 0 Å². The Hall–Kier alpha value is -2.44. The first-order valence-corrected chi connectivity index (χ1v) is 6.51. The second-order valence-electron chi connectivity index (χ2n) is 5.09. The molecule has 2 amide bonds. The lowest BCUT2D eigenvalue weighted by atomic mass is 10.0. The molecule has 1 aliphatic rings. The number of hydrogen-bond acceptors (Lipinski definition) is 3. The molecule has 0 unspecified atom stereocenters. The van der Waals surface area contributed by atoms with E-state index in [1.54, 1.807) is 0 Å². The summed E-state index contributed by atoms with van der Waals surface area (Å²) in [5.41, 5.74) is 5.05. The van der Waals surface area contributed by atoms with Crippen molar-refractivity contribution in [2.75, 3.05) is 5.32 Å². The Morgan fingerprint density at radius 3 is 2.48 bits per heavy atom. The van der Waals surface area contributed by atoms with Crippen LogP contribution >= 0.6 is 0 Å². The fraction of sp³-hybridized carbons (Fsp3) is 0.357. The zero-order valence-corrected chi connectivity index (χ0v) is 11.1. The third kappa shape index (κ3) is 3.36. The Kier molecular flexibility index (Phi) is 4.21. The van der Waals surface area contributed by atoms with E-state index in [4.69, 9.17) is 10.8 Å². The molecule has 2 atom stereocenters. The number of carboxylic acids is 1. The molecule has 0 radical (unpaired) electrons. The highest BCUT2D eigenvalue weighted by atomic mass is 19.1. The number of carbonyl (C=O) groups excluding carboxylic acids is 2. The molecule has 21 heavy (non-hydrogen) atoms. The first kappa shape index (κ1) is 15.0. The molecule has 1 aromatic carbocycles. The lowest BCUT2D eigenvalue weighted by Gasteiger charge is -2.12. The van der Waals surface area contributed by atoms with E-state index in [-0.39, 0.29) is 17.7 Å². The molecule has 6 nitrogen and oxygen atoms in total. The summed E-state index contributed by atoms with van der Waals surface area (Å²) in [5, 5.41) is 11.3. The van der Waals surface area contributed by atoms with Crippen LogP contribution in [0.4, 0.5) is 10.1 Å². The average Bonchev–Trinajstić information content (AvgIpc) is 2.90. The van der Waals surface area contributed by atoms with Crippen molar-refractivity contribution in [3.05, 3.63) is 29.6 Å². The van der Waals surface area contributed by atoms with Crippen LogP contribution in [0.5, 0.6) is 0 Å². The van der Waals surface area contributed by atoms with Gasteiger partial charge in [-0.3, -0.25) is 14.4 Å². The number of carboxylic acid groups (broad SMARTS) is 1. The molecule has 0 heterocycles. The highest BCUT2D eigenvalue weighted by Gasteiger charge is 2.34. The number of primary amides is 1. The van der Waals surface area contributed by atoms with Gasteiger partial charge in [-0.15, -0.1) is 0 Å². The van der Waals surface area contributed by atoms with Gasteiger partial charge in [-0.25, -0.2) is 4.39 Å². The van der Waals surface area contributed by atoms with E-state index >= 15 is 0 Å². The van der Waals surface area contributed by atoms with Gasteiger partial charge in [-0.2, -0.15) is 0 Å². The number of rotatable bonds is 4. The van der Waals surface area contributed by atoms with Gasteiger partial charge >= 0.3 is 5.97 Å². The van der Waals surface area contributed by atoms with Crippen molar-refractivity contribution in [3.8, 4) is 0 Å². The van der Waals surface area contributed by atoms with Gasteiger partial charge in [0.15, 0.2) is 0 Å². The molecule has 2 rings (SSSR count). The molecular formula is C14H15FN2O4. The Labute approximate surface area is 120 Å². The fourth-order valence-corrected chi connectivity index (χ4v) is 2.45. The molecule has 0 saturated heterocycles. The van der Waals surface area contributed by atoms with E-state index in [0.29, 0.717) is 12.8 Å².